The van der Waals surface area contributed by atoms with Gasteiger partial charge in [0.1, 0.15) is 18.1 Å². The highest BCUT2D eigenvalue weighted by Gasteiger charge is 2.22. The van der Waals surface area contributed by atoms with E-state index in [1.165, 1.54) is 12.1 Å². The van der Waals surface area contributed by atoms with Crippen molar-refractivity contribution in [2.75, 3.05) is 13.7 Å². The van der Waals surface area contributed by atoms with Gasteiger partial charge in [-0.1, -0.05) is 6.07 Å². The molecule has 0 spiro atoms. The smallest absolute Gasteiger partial charge is 0.270 e. The van der Waals surface area contributed by atoms with Crippen LogP contribution in [0.3, 0.4) is 0 Å². The number of nitrogens with zero attached hydrogens (tertiary/aromatic N) is 1. The van der Waals surface area contributed by atoms with Crippen molar-refractivity contribution in [2.24, 2.45) is 0 Å². The van der Waals surface area contributed by atoms with Crippen LogP contribution in [0.25, 0.3) is 0 Å². The topological polar surface area (TPSA) is 108 Å². The molecule has 8 nitrogen and oxygen atoms in total. The van der Waals surface area contributed by atoms with Gasteiger partial charge in [-0.2, -0.15) is 0 Å². The molecular weight excluding hydrogens is 360 g/mol. The van der Waals surface area contributed by atoms with Crippen LogP contribution in [-0.2, 0) is 10.0 Å². The van der Waals surface area contributed by atoms with Gasteiger partial charge >= 0.3 is 0 Å². The van der Waals surface area contributed by atoms with Crippen molar-refractivity contribution in [1.82, 2.24) is 4.72 Å². The van der Waals surface area contributed by atoms with E-state index in [9.17, 15) is 18.5 Å². The average molecular weight is 380 g/mol. The Morgan fingerprint density at radius 3 is 2.35 bits per heavy atom. The zero-order chi connectivity index (χ0) is 19.3. The summed E-state index contributed by atoms with van der Waals surface area (Å²) in [4.78, 5) is 10.1. The summed E-state index contributed by atoms with van der Waals surface area (Å²) in [5.41, 5.74) is 0.143. The molecule has 0 aromatic heterocycles. The van der Waals surface area contributed by atoms with Crippen LogP contribution in [-0.4, -0.2) is 33.1 Å². The predicted molar refractivity (Wildman–Crippen MR) is 96.1 cm³/mol. The maximum atomic E-state index is 12.5. The summed E-state index contributed by atoms with van der Waals surface area (Å²) >= 11 is 0. The Kier molecular flexibility index (Phi) is 6.17. The van der Waals surface area contributed by atoms with Crippen molar-refractivity contribution in [1.29, 1.82) is 0 Å². The molecule has 0 saturated carbocycles. The normalized spacial score (nSPS) is 12.4. The number of benzene rings is 2. The molecule has 0 bridgehead atoms. The molecule has 2 aromatic rings. The minimum absolute atomic E-state index is 0.0968. The maximum absolute atomic E-state index is 12.5. The summed E-state index contributed by atoms with van der Waals surface area (Å²) in [7, 11) is -2.36. The molecule has 0 fully saturated rings. The van der Waals surface area contributed by atoms with Crippen molar-refractivity contribution >= 4 is 15.7 Å². The Balaban J connectivity index is 2.06. The van der Waals surface area contributed by atoms with Gasteiger partial charge in [-0.25, -0.2) is 13.1 Å². The standard InChI is InChI=1S/C17H20N2O6S/c1-12-4-5-14(19(20)21)10-17(12)26(22,23)18-13(2)11-25-16-8-6-15(24-3)7-9-16/h4-10,13,18H,11H2,1-3H3. The third-order valence-electron chi connectivity index (χ3n) is 3.59. The van der Waals surface area contributed by atoms with Gasteiger partial charge < -0.3 is 9.47 Å². The molecule has 140 valence electrons. The van der Waals surface area contributed by atoms with E-state index in [4.69, 9.17) is 9.47 Å². The molecule has 26 heavy (non-hydrogen) atoms. The number of aryl methyl sites for hydroxylation is 1. The van der Waals surface area contributed by atoms with Crippen LogP contribution in [0.5, 0.6) is 11.5 Å². The summed E-state index contributed by atoms with van der Waals surface area (Å²) in [6.45, 7) is 3.32. The Morgan fingerprint density at radius 1 is 1.15 bits per heavy atom. The quantitative estimate of drug-likeness (QED) is 0.557. The van der Waals surface area contributed by atoms with Crippen molar-refractivity contribution in [3.05, 3.63) is 58.1 Å². The van der Waals surface area contributed by atoms with Gasteiger partial charge in [-0.3, -0.25) is 10.1 Å². The fourth-order valence-corrected chi connectivity index (χ4v) is 3.74. The number of methoxy groups -OCH3 is 1. The Morgan fingerprint density at radius 2 is 1.77 bits per heavy atom. The van der Waals surface area contributed by atoms with Crippen molar-refractivity contribution in [2.45, 2.75) is 24.8 Å². The first-order chi connectivity index (χ1) is 12.2. The maximum Gasteiger partial charge on any atom is 0.270 e. The van der Waals surface area contributed by atoms with Gasteiger partial charge in [0.25, 0.3) is 5.69 Å². The SMILES string of the molecule is COc1ccc(OCC(C)NS(=O)(=O)c2cc([N+](=O)[O-])ccc2C)cc1. The second kappa shape index (κ2) is 8.15. The lowest BCUT2D eigenvalue weighted by Gasteiger charge is -2.16. The summed E-state index contributed by atoms with van der Waals surface area (Å²) in [5, 5.41) is 10.9. The van der Waals surface area contributed by atoms with Crippen molar-refractivity contribution < 1.29 is 22.8 Å². The Hall–Kier alpha value is -2.65. The second-order valence-electron chi connectivity index (χ2n) is 5.72. The minimum Gasteiger partial charge on any atom is -0.497 e. The van der Waals surface area contributed by atoms with Gasteiger partial charge in [0.2, 0.25) is 10.0 Å². The zero-order valence-corrected chi connectivity index (χ0v) is 15.4. The highest BCUT2D eigenvalue weighted by Crippen LogP contribution is 2.22. The molecule has 0 aliphatic heterocycles. The Labute approximate surface area is 152 Å². The third-order valence-corrected chi connectivity index (χ3v) is 5.32. The van der Waals surface area contributed by atoms with Crippen LogP contribution in [0.2, 0.25) is 0 Å². The summed E-state index contributed by atoms with van der Waals surface area (Å²) < 4.78 is 38.1. The number of non-ortho nitro benzene ring substituents is 1. The van der Waals surface area contributed by atoms with E-state index < -0.39 is 21.0 Å². The van der Waals surface area contributed by atoms with E-state index in [0.717, 1.165) is 6.07 Å². The van der Waals surface area contributed by atoms with Crippen LogP contribution in [0.4, 0.5) is 5.69 Å². The van der Waals surface area contributed by atoms with Crippen LogP contribution < -0.4 is 14.2 Å². The summed E-state index contributed by atoms with van der Waals surface area (Å²) in [5.74, 6) is 1.26. The van der Waals surface area contributed by atoms with Gasteiger partial charge in [-0.05, 0) is 43.7 Å². The Bertz CT molecular complexity index is 881. The lowest BCUT2D eigenvalue weighted by Crippen LogP contribution is -2.37. The molecule has 1 atom stereocenters. The molecule has 2 rings (SSSR count). The van der Waals surface area contributed by atoms with Crippen molar-refractivity contribution in [3.8, 4) is 11.5 Å². The highest BCUT2D eigenvalue weighted by atomic mass is 32.2. The van der Waals surface area contributed by atoms with Gasteiger partial charge in [-0.15, -0.1) is 0 Å². The first-order valence-corrected chi connectivity index (χ1v) is 9.25. The molecule has 0 amide bonds. The molecule has 1 unspecified atom stereocenters. The van der Waals surface area contributed by atoms with Crippen LogP contribution >= 0.6 is 0 Å². The number of hydrogen-bond donors (Lipinski definition) is 1. The van der Waals surface area contributed by atoms with E-state index in [1.807, 2.05) is 0 Å². The van der Waals surface area contributed by atoms with E-state index in [-0.39, 0.29) is 17.2 Å². The average Bonchev–Trinajstić information content (AvgIpc) is 2.60. The fourth-order valence-electron chi connectivity index (χ4n) is 2.25. The van der Waals surface area contributed by atoms with Gasteiger partial charge in [0, 0.05) is 12.1 Å². The van der Waals surface area contributed by atoms with Crippen LogP contribution in [0, 0.1) is 17.0 Å². The monoisotopic (exact) mass is 380 g/mol. The molecular formula is C17H20N2O6S. The fraction of sp³-hybridized carbons (Fsp3) is 0.294. The molecule has 0 saturated heterocycles. The van der Waals surface area contributed by atoms with E-state index in [1.54, 1.807) is 45.2 Å². The molecule has 9 heteroatoms. The van der Waals surface area contributed by atoms with Crippen molar-refractivity contribution in [3.63, 3.8) is 0 Å². The lowest BCUT2D eigenvalue weighted by atomic mass is 10.2. The summed E-state index contributed by atoms with van der Waals surface area (Å²) in [6.07, 6.45) is 0. The summed E-state index contributed by atoms with van der Waals surface area (Å²) in [6, 6.07) is 10.1. The molecule has 1 N–H and O–H groups in total. The minimum atomic E-state index is -3.92. The third kappa shape index (κ3) is 4.93. The number of hydrogen-bond acceptors (Lipinski definition) is 6. The molecule has 0 aliphatic rings. The van der Waals surface area contributed by atoms with Crippen LogP contribution in [0.1, 0.15) is 12.5 Å². The first kappa shape index (κ1) is 19.7. The van der Waals surface area contributed by atoms with E-state index >= 15 is 0 Å². The molecule has 0 radical (unpaired) electrons. The van der Waals surface area contributed by atoms with Crippen LogP contribution in [0.15, 0.2) is 47.4 Å². The molecule has 0 aliphatic carbocycles. The number of nitro benzene ring substituents is 1. The van der Waals surface area contributed by atoms with E-state index in [2.05, 4.69) is 4.72 Å². The molecule has 0 heterocycles. The number of sulfonamides is 1. The number of ether oxygens (including phenoxy) is 2. The highest BCUT2D eigenvalue weighted by molar-refractivity contribution is 7.89. The number of nitro groups is 1. The van der Waals surface area contributed by atoms with Gasteiger partial charge in [0.15, 0.2) is 0 Å². The largest absolute Gasteiger partial charge is 0.497 e. The molecule has 2 aromatic carbocycles. The lowest BCUT2D eigenvalue weighted by molar-refractivity contribution is -0.385. The second-order valence-corrected chi connectivity index (χ2v) is 7.40. The first-order valence-electron chi connectivity index (χ1n) is 7.77. The van der Waals surface area contributed by atoms with Gasteiger partial charge in [0.05, 0.1) is 23.0 Å². The number of nitrogens with one attached hydrogen (secondary N) is 1. The number of rotatable bonds is 8. The predicted octanol–water partition coefficient (Wildman–Crippen LogP) is 2.66. The zero-order valence-electron chi connectivity index (χ0n) is 14.6. The van der Waals surface area contributed by atoms with E-state index in [0.29, 0.717) is 17.1 Å².